The van der Waals surface area contributed by atoms with Crippen LogP contribution in [-0.4, -0.2) is 22.8 Å². The van der Waals surface area contributed by atoms with Gasteiger partial charge in [-0.1, -0.05) is 15.9 Å². The molecule has 3 rings (SSSR count). The molecule has 4 heteroatoms. The third-order valence-corrected chi connectivity index (χ3v) is 3.04. The smallest absolute Gasteiger partial charge is 0.0962 e. The summed E-state index contributed by atoms with van der Waals surface area (Å²) in [6.07, 6.45) is 1.89. The zero-order chi connectivity index (χ0) is 9.54. The lowest BCUT2D eigenvalue weighted by molar-refractivity contribution is -0.0216. The molecule has 1 fully saturated rings. The first-order chi connectivity index (χ1) is 6.84. The van der Waals surface area contributed by atoms with Crippen molar-refractivity contribution in [3.8, 4) is 0 Å². The average molecular weight is 253 g/mol. The molecule has 0 bridgehead atoms. The maximum absolute atomic E-state index is 5.18. The van der Waals surface area contributed by atoms with Gasteiger partial charge in [-0.2, -0.15) is 0 Å². The van der Waals surface area contributed by atoms with E-state index >= 15 is 0 Å². The lowest BCUT2D eigenvalue weighted by Crippen LogP contribution is -2.30. The highest BCUT2D eigenvalue weighted by Gasteiger charge is 2.21. The summed E-state index contributed by atoms with van der Waals surface area (Å²) in [6.45, 7) is 1.61. The molecule has 0 spiro atoms. The molecule has 0 amide bonds. The summed E-state index contributed by atoms with van der Waals surface area (Å²) in [7, 11) is 0. The molecule has 0 saturated carbocycles. The fourth-order valence-electron chi connectivity index (χ4n) is 1.67. The van der Waals surface area contributed by atoms with Gasteiger partial charge in [-0.15, -0.1) is 0 Å². The summed E-state index contributed by atoms with van der Waals surface area (Å²) in [5.74, 6) is 0. The molecular weight excluding hydrogens is 244 g/mol. The van der Waals surface area contributed by atoms with E-state index in [9.17, 15) is 0 Å². The lowest BCUT2D eigenvalue weighted by atomic mass is 10.2. The van der Waals surface area contributed by atoms with Crippen LogP contribution in [0.15, 0.2) is 29.0 Å². The average Bonchev–Trinajstić information content (AvgIpc) is 2.46. The van der Waals surface area contributed by atoms with Gasteiger partial charge in [0.25, 0.3) is 0 Å². The molecule has 72 valence electrons. The fourth-order valence-corrected chi connectivity index (χ4v) is 2.02. The molecule has 0 atom stereocenters. The number of halogens is 1. The van der Waals surface area contributed by atoms with Crippen LogP contribution in [0.4, 0.5) is 0 Å². The minimum Gasteiger partial charge on any atom is -0.377 e. The van der Waals surface area contributed by atoms with Gasteiger partial charge in [-0.3, -0.25) is 0 Å². The van der Waals surface area contributed by atoms with Gasteiger partial charge < -0.3 is 9.30 Å². The van der Waals surface area contributed by atoms with E-state index < -0.39 is 0 Å². The zero-order valence-corrected chi connectivity index (χ0v) is 9.07. The van der Waals surface area contributed by atoms with Gasteiger partial charge in [-0.25, -0.2) is 4.98 Å². The Hall–Kier alpha value is -0.870. The van der Waals surface area contributed by atoms with Gasteiger partial charge in [0, 0.05) is 4.47 Å². The van der Waals surface area contributed by atoms with Crippen molar-refractivity contribution < 1.29 is 4.74 Å². The molecule has 0 aliphatic carbocycles. The van der Waals surface area contributed by atoms with Crippen LogP contribution in [0, 0.1) is 0 Å². The molecule has 1 saturated heterocycles. The summed E-state index contributed by atoms with van der Waals surface area (Å²) < 4.78 is 8.45. The van der Waals surface area contributed by atoms with E-state index in [2.05, 4.69) is 31.5 Å². The zero-order valence-electron chi connectivity index (χ0n) is 7.48. The van der Waals surface area contributed by atoms with Gasteiger partial charge in [0.2, 0.25) is 0 Å². The number of ether oxygens (including phenoxy) is 1. The molecule has 0 unspecified atom stereocenters. The van der Waals surface area contributed by atoms with Crippen molar-refractivity contribution in [3.63, 3.8) is 0 Å². The van der Waals surface area contributed by atoms with E-state index in [-0.39, 0.29) is 0 Å². The highest BCUT2D eigenvalue weighted by Crippen LogP contribution is 2.25. The van der Waals surface area contributed by atoms with E-state index in [0.29, 0.717) is 6.04 Å². The fraction of sp³-hybridized carbons (Fsp3) is 0.300. The lowest BCUT2D eigenvalue weighted by Gasteiger charge is -2.27. The molecule has 1 aliphatic rings. The van der Waals surface area contributed by atoms with E-state index in [1.54, 1.807) is 0 Å². The number of hydrogen-bond acceptors (Lipinski definition) is 2. The minimum absolute atomic E-state index is 0.467. The van der Waals surface area contributed by atoms with Crippen molar-refractivity contribution >= 4 is 27.0 Å². The van der Waals surface area contributed by atoms with Crippen LogP contribution in [0.1, 0.15) is 6.04 Å². The molecule has 2 heterocycles. The molecule has 0 N–H and O–H groups in total. The Morgan fingerprint density at radius 2 is 2.29 bits per heavy atom. The second-order valence-electron chi connectivity index (χ2n) is 3.48. The SMILES string of the molecule is Brc1ccc2ncn(C3COC3)c2c1. The standard InChI is InChI=1S/C10H9BrN2O/c11-7-1-2-9-10(3-7)13(6-12-9)8-4-14-5-8/h1-3,6,8H,4-5H2. The highest BCUT2D eigenvalue weighted by molar-refractivity contribution is 9.10. The van der Waals surface area contributed by atoms with Gasteiger partial charge >= 0.3 is 0 Å². The van der Waals surface area contributed by atoms with Crippen molar-refractivity contribution in [2.45, 2.75) is 6.04 Å². The summed E-state index contributed by atoms with van der Waals surface area (Å²) in [5, 5.41) is 0. The van der Waals surface area contributed by atoms with Crippen LogP contribution in [0.5, 0.6) is 0 Å². The van der Waals surface area contributed by atoms with Crippen LogP contribution in [0.2, 0.25) is 0 Å². The van der Waals surface area contributed by atoms with Crippen LogP contribution in [-0.2, 0) is 4.74 Å². The number of imidazole rings is 1. The Bertz CT molecular complexity index is 476. The molecule has 0 radical (unpaired) electrons. The van der Waals surface area contributed by atoms with Crippen molar-refractivity contribution in [1.29, 1.82) is 0 Å². The molecule has 14 heavy (non-hydrogen) atoms. The molecule has 1 aromatic carbocycles. The first-order valence-electron chi connectivity index (χ1n) is 4.54. The predicted molar refractivity (Wildman–Crippen MR) is 57.3 cm³/mol. The summed E-state index contributed by atoms with van der Waals surface area (Å²) in [5.41, 5.74) is 2.22. The van der Waals surface area contributed by atoms with Crippen molar-refractivity contribution in [2.24, 2.45) is 0 Å². The second-order valence-corrected chi connectivity index (χ2v) is 4.39. The van der Waals surface area contributed by atoms with E-state index in [1.807, 2.05) is 18.5 Å². The van der Waals surface area contributed by atoms with Crippen molar-refractivity contribution in [1.82, 2.24) is 9.55 Å². The van der Waals surface area contributed by atoms with Crippen molar-refractivity contribution in [2.75, 3.05) is 13.2 Å². The topological polar surface area (TPSA) is 27.1 Å². The summed E-state index contributed by atoms with van der Waals surface area (Å²) in [6, 6.07) is 6.60. The Morgan fingerprint density at radius 3 is 3.00 bits per heavy atom. The third kappa shape index (κ3) is 1.18. The Labute approximate surface area is 89.8 Å². The Balaban J connectivity index is 2.18. The summed E-state index contributed by atoms with van der Waals surface area (Å²) >= 11 is 3.47. The van der Waals surface area contributed by atoms with Gasteiger partial charge in [0.05, 0.1) is 36.6 Å². The quantitative estimate of drug-likeness (QED) is 0.780. The first-order valence-corrected chi connectivity index (χ1v) is 5.34. The highest BCUT2D eigenvalue weighted by atomic mass is 79.9. The van der Waals surface area contributed by atoms with Gasteiger partial charge in [0.1, 0.15) is 0 Å². The molecule has 1 aliphatic heterocycles. The van der Waals surface area contributed by atoms with Crippen LogP contribution < -0.4 is 0 Å². The monoisotopic (exact) mass is 252 g/mol. The number of benzene rings is 1. The van der Waals surface area contributed by atoms with E-state index in [1.165, 1.54) is 5.52 Å². The normalized spacial score (nSPS) is 17.2. The molecule has 2 aromatic rings. The molecular formula is C10H9BrN2O. The second kappa shape index (κ2) is 3.07. The predicted octanol–water partition coefficient (Wildman–Crippen LogP) is 2.37. The van der Waals surface area contributed by atoms with Crippen LogP contribution >= 0.6 is 15.9 Å². The molecule has 3 nitrogen and oxygen atoms in total. The molecule has 1 aromatic heterocycles. The third-order valence-electron chi connectivity index (χ3n) is 2.55. The van der Waals surface area contributed by atoms with Crippen molar-refractivity contribution in [3.05, 3.63) is 29.0 Å². The summed E-state index contributed by atoms with van der Waals surface area (Å²) in [4.78, 5) is 4.35. The number of aromatic nitrogens is 2. The van der Waals surface area contributed by atoms with E-state index in [4.69, 9.17) is 4.74 Å². The van der Waals surface area contributed by atoms with Gasteiger partial charge in [0.15, 0.2) is 0 Å². The number of hydrogen-bond donors (Lipinski definition) is 0. The maximum atomic E-state index is 5.18. The van der Waals surface area contributed by atoms with E-state index in [0.717, 1.165) is 23.2 Å². The Kier molecular flexibility index (Phi) is 1.85. The number of fused-ring (bicyclic) bond motifs is 1. The number of nitrogens with zero attached hydrogens (tertiary/aromatic N) is 2. The largest absolute Gasteiger partial charge is 0.377 e. The Morgan fingerprint density at radius 1 is 1.43 bits per heavy atom. The van der Waals surface area contributed by atoms with Gasteiger partial charge in [-0.05, 0) is 18.2 Å². The van der Waals surface area contributed by atoms with Crippen LogP contribution in [0.25, 0.3) is 11.0 Å². The van der Waals surface area contributed by atoms with Crippen LogP contribution in [0.3, 0.4) is 0 Å². The maximum Gasteiger partial charge on any atom is 0.0962 e. The number of rotatable bonds is 1. The minimum atomic E-state index is 0.467. The first kappa shape index (κ1) is 8.44.